The fraction of sp³-hybridized carbons (Fsp3) is 0.105. The number of aryl methyl sites for hydroxylation is 1. The predicted molar refractivity (Wildman–Crippen MR) is 94.3 cm³/mol. The molecule has 3 rings (SSSR count). The minimum Gasteiger partial charge on any atom is -0.324 e. The fourth-order valence-corrected chi connectivity index (χ4v) is 2.68. The van der Waals surface area contributed by atoms with E-state index in [0.29, 0.717) is 17.1 Å². The number of hydrogen-bond acceptors (Lipinski definition) is 1. The molecule has 23 heavy (non-hydrogen) atoms. The zero-order chi connectivity index (χ0) is 16.2. The monoisotopic (exact) mass is 324 g/mol. The largest absolute Gasteiger partial charge is 0.324 e. The molecular weight excluding hydrogens is 308 g/mol. The molecule has 3 aromatic rings. The van der Waals surface area contributed by atoms with Crippen molar-refractivity contribution in [2.75, 3.05) is 5.32 Å². The molecule has 116 valence electrons. The summed E-state index contributed by atoms with van der Waals surface area (Å²) >= 11 is 6.14. The van der Waals surface area contributed by atoms with Gasteiger partial charge in [-0.2, -0.15) is 0 Å². The highest BCUT2D eigenvalue weighted by Crippen LogP contribution is 2.23. The van der Waals surface area contributed by atoms with E-state index in [2.05, 4.69) is 5.32 Å². The van der Waals surface area contributed by atoms with Gasteiger partial charge in [-0.25, -0.2) is 0 Å². The van der Waals surface area contributed by atoms with Crippen LogP contribution in [0.5, 0.6) is 0 Å². The number of anilines is 1. The van der Waals surface area contributed by atoms with Crippen LogP contribution in [0, 0.1) is 6.92 Å². The van der Waals surface area contributed by atoms with Crippen molar-refractivity contribution < 1.29 is 4.79 Å². The van der Waals surface area contributed by atoms with E-state index in [1.54, 1.807) is 0 Å². The first kappa shape index (κ1) is 15.4. The summed E-state index contributed by atoms with van der Waals surface area (Å²) in [5, 5.41) is 3.41. The Balaban J connectivity index is 1.66. The third kappa shape index (κ3) is 3.82. The van der Waals surface area contributed by atoms with Crippen molar-refractivity contribution in [2.45, 2.75) is 13.3 Å². The lowest BCUT2D eigenvalue weighted by atomic mass is 10.1. The lowest BCUT2D eigenvalue weighted by molar-refractivity contribution is -0.115. The second kappa shape index (κ2) is 6.71. The minimum absolute atomic E-state index is 0.0792. The van der Waals surface area contributed by atoms with E-state index in [9.17, 15) is 4.79 Å². The Morgan fingerprint density at radius 1 is 1.09 bits per heavy atom. The fourth-order valence-electron chi connectivity index (χ4n) is 2.39. The molecule has 0 saturated heterocycles. The van der Waals surface area contributed by atoms with Gasteiger partial charge in [-0.15, -0.1) is 0 Å². The summed E-state index contributed by atoms with van der Waals surface area (Å²) < 4.78 is 2.02. The van der Waals surface area contributed by atoms with Crippen LogP contribution in [-0.4, -0.2) is 10.5 Å². The molecule has 1 heterocycles. The smallest absolute Gasteiger partial charge is 0.228 e. The number of rotatable bonds is 4. The van der Waals surface area contributed by atoms with Gasteiger partial charge in [0.2, 0.25) is 5.91 Å². The van der Waals surface area contributed by atoms with Crippen LogP contribution < -0.4 is 5.32 Å². The van der Waals surface area contributed by atoms with Gasteiger partial charge in [0.15, 0.2) is 0 Å². The number of aromatic nitrogens is 1. The zero-order valence-corrected chi connectivity index (χ0v) is 13.5. The van der Waals surface area contributed by atoms with Gasteiger partial charge in [0.05, 0.1) is 17.1 Å². The van der Waals surface area contributed by atoms with E-state index in [1.807, 2.05) is 78.5 Å². The van der Waals surface area contributed by atoms with Crippen LogP contribution in [0.1, 0.15) is 11.1 Å². The lowest BCUT2D eigenvalue weighted by Gasteiger charge is -2.09. The Morgan fingerprint density at radius 2 is 1.78 bits per heavy atom. The average Bonchev–Trinajstić information content (AvgIpc) is 3.05. The van der Waals surface area contributed by atoms with Gasteiger partial charge in [-0.05, 0) is 54.4 Å². The molecular formula is C19H17ClN2O. The third-order valence-corrected chi connectivity index (χ3v) is 3.91. The highest BCUT2D eigenvalue weighted by atomic mass is 35.5. The average molecular weight is 325 g/mol. The molecule has 0 aliphatic heterocycles. The zero-order valence-electron chi connectivity index (χ0n) is 12.8. The molecule has 0 spiro atoms. The number of carbonyl (C=O) groups excluding carboxylic acids is 1. The van der Waals surface area contributed by atoms with Gasteiger partial charge in [-0.3, -0.25) is 4.79 Å². The van der Waals surface area contributed by atoms with E-state index in [1.165, 1.54) is 0 Å². The molecule has 0 aliphatic carbocycles. The Bertz CT molecular complexity index is 808. The number of benzene rings is 2. The summed E-state index contributed by atoms with van der Waals surface area (Å²) in [4.78, 5) is 12.2. The van der Waals surface area contributed by atoms with Gasteiger partial charge in [0.25, 0.3) is 0 Å². The van der Waals surface area contributed by atoms with Crippen molar-refractivity contribution in [3.05, 3.63) is 83.1 Å². The maximum atomic E-state index is 12.2. The van der Waals surface area contributed by atoms with Gasteiger partial charge >= 0.3 is 0 Å². The van der Waals surface area contributed by atoms with Crippen LogP contribution in [0.3, 0.4) is 0 Å². The SMILES string of the molecule is Cc1ccc(NC(=O)Cc2ccc(-n3cccc3)cc2)c(Cl)c1. The van der Waals surface area contributed by atoms with Crippen LogP contribution >= 0.6 is 11.6 Å². The van der Waals surface area contributed by atoms with E-state index < -0.39 is 0 Å². The molecule has 4 heteroatoms. The Kier molecular flexibility index (Phi) is 4.49. The van der Waals surface area contributed by atoms with Gasteiger partial charge < -0.3 is 9.88 Å². The third-order valence-electron chi connectivity index (χ3n) is 3.60. The first-order chi connectivity index (χ1) is 11.1. The van der Waals surface area contributed by atoms with E-state index in [0.717, 1.165) is 16.8 Å². The molecule has 1 N–H and O–H groups in total. The minimum atomic E-state index is -0.0792. The van der Waals surface area contributed by atoms with Gasteiger partial charge in [-0.1, -0.05) is 29.8 Å². The molecule has 2 aromatic carbocycles. The van der Waals surface area contributed by atoms with Crippen LogP contribution in [0.2, 0.25) is 5.02 Å². The molecule has 0 saturated carbocycles. The lowest BCUT2D eigenvalue weighted by Crippen LogP contribution is -2.14. The van der Waals surface area contributed by atoms with Crippen molar-refractivity contribution >= 4 is 23.2 Å². The molecule has 3 nitrogen and oxygen atoms in total. The highest BCUT2D eigenvalue weighted by molar-refractivity contribution is 6.33. The number of hydrogen-bond donors (Lipinski definition) is 1. The number of halogens is 1. The molecule has 0 bridgehead atoms. The molecule has 0 radical (unpaired) electrons. The van der Waals surface area contributed by atoms with Gasteiger partial charge in [0, 0.05) is 18.1 Å². The topological polar surface area (TPSA) is 34.0 Å². The number of nitrogens with zero attached hydrogens (tertiary/aromatic N) is 1. The van der Waals surface area contributed by atoms with E-state index in [-0.39, 0.29) is 5.91 Å². The van der Waals surface area contributed by atoms with Crippen molar-refractivity contribution in [1.82, 2.24) is 4.57 Å². The predicted octanol–water partition coefficient (Wildman–Crippen LogP) is 4.62. The second-order valence-electron chi connectivity index (χ2n) is 5.47. The normalized spacial score (nSPS) is 10.5. The number of carbonyl (C=O) groups is 1. The summed E-state index contributed by atoms with van der Waals surface area (Å²) in [6.07, 6.45) is 4.29. The molecule has 0 aliphatic rings. The maximum absolute atomic E-state index is 12.2. The maximum Gasteiger partial charge on any atom is 0.228 e. The van der Waals surface area contributed by atoms with Crippen molar-refractivity contribution in [3.63, 3.8) is 0 Å². The standard InChI is InChI=1S/C19H17ClN2O/c1-14-4-9-18(17(20)12-14)21-19(23)13-15-5-7-16(8-6-15)22-10-2-3-11-22/h2-12H,13H2,1H3,(H,21,23). The van der Waals surface area contributed by atoms with Crippen molar-refractivity contribution in [1.29, 1.82) is 0 Å². The van der Waals surface area contributed by atoms with E-state index >= 15 is 0 Å². The Labute approximate surface area is 140 Å². The first-order valence-corrected chi connectivity index (χ1v) is 7.78. The van der Waals surface area contributed by atoms with Crippen molar-refractivity contribution in [2.24, 2.45) is 0 Å². The molecule has 1 amide bonds. The van der Waals surface area contributed by atoms with Crippen molar-refractivity contribution in [3.8, 4) is 5.69 Å². The highest BCUT2D eigenvalue weighted by Gasteiger charge is 2.07. The summed E-state index contributed by atoms with van der Waals surface area (Å²) in [5.41, 5.74) is 3.74. The first-order valence-electron chi connectivity index (χ1n) is 7.40. The summed E-state index contributed by atoms with van der Waals surface area (Å²) in [6, 6.07) is 17.5. The van der Waals surface area contributed by atoms with Crippen LogP contribution in [-0.2, 0) is 11.2 Å². The summed E-state index contributed by atoms with van der Waals surface area (Å²) in [6.45, 7) is 1.96. The molecule has 0 fully saturated rings. The quantitative estimate of drug-likeness (QED) is 0.746. The van der Waals surface area contributed by atoms with Crippen LogP contribution in [0.4, 0.5) is 5.69 Å². The number of nitrogens with one attached hydrogen (secondary N) is 1. The summed E-state index contributed by atoms with van der Waals surface area (Å²) in [7, 11) is 0. The van der Waals surface area contributed by atoms with E-state index in [4.69, 9.17) is 11.6 Å². The van der Waals surface area contributed by atoms with Gasteiger partial charge in [0.1, 0.15) is 0 Å². The molecule has 0 atom stereocenters. The Morgan fingerprint density at radius 3 is 2.43 bits per heavy atom. The summed E-state index contributed by atoms with van der Waals surface area (Å²) in [5.74, 6) is -0.0792. The van der Waals surface area contributed by atoms with Crippen LogP contribution in [0.25, 0.3) is 5.69 Å². The second-order valence-corrected chi connectivity index (χ2v) is 5.87. The molecule has 1 aromatic heterocycles. The molecule has 0 unspecified atom stereocenters. The number of amides is 1. The Hall–Kier alpha value is -2.52. The van der Waals surface area contributed by atoms with Crippen LogP contribution in [0.15, 0.2) is 67.0 Å².